The number of carbonyl (C=O) groups is 2. The van der Waals surface area contributed by atoms with Crippen molar-refractivity contribution in [1.82, 2.24) is 5.32 Å². The van der Waals surface area contributed by atoms with Crippen molar-refractivity contribution >= 4 is 11.9 Å². The van der Waals surface area contributed by atoms with E-state index < -0.39 is 18.2 Å². The van der Waals surface area contributed by atoms with Gasteiger partial charge in [0.15, 0.2) is 0 Å². The molecular formula is C52H101NO5. The number of aliphatic hydroxyl groups excluding tert-OH is 2. The van der Waals surface area contributed by atoms with Gasteiger partial charge in [0.25, 0.3) is 0 Å². The molecule has 0 aliphatic rings. The summed E-state index contributed by atoms with van der Waals surface area (Å²) in [4.78, 5) is 26.0. The van der Waals surface area contributed by atoms with Gasteiger partial charge in [0.1, 0.15) is 6.10 Å². The van der Waals surface area contributed by atoms with Crippen LogP contribution >= 0.6 is 0 Å². The standard InChI is InChI=1S/C52H101NO5/c1-4-7-10-13-16-19-21-23-24-25-26-28-29-32-35-38-41-44-50(55)49(47-54)53-51(56)46-48(43-40-37-34-31-18-15-12-9-6-3)58-52(57)45-42-39-36-33-30-27-22-20-17-14-11-8-5-2/h15,18,48-50,54-55H,4-14,16-17,19-47H2,1-3H3,(H,53,56)/b18-15-. The molecule has 6 heteroatoms. The quantitative estimate of drug-likeness (QED) is 0.0323. The van der Waals surface area contributed by atoms with Crippen LogP contribution in [0.4, 0.5) is 0 Å². The van der Waals surface area contributed by atoms with Gasteiger partial charge in [-0.15, -0.1) is 0 Å². The highest BCUT2D eigenvalue weighted by atomic mass is 16.5. The van der Waals surface area contributed by atoms with Gasteiger partial charge in [0, 0.05) is 6.42 Å². The van der Waals surface area contributed by atoms with E-state index in [4.69, 9.17) is 4.74 Å². The minimum atomic E-state index is -0.785. The average molecular weight is 820 g/mol. The van der Waals surface area contributed by atoms with Crippen molar-refractivity contribution < 1.29 is 24.5 Å². The largest absolute Gasteiger partial charge is 0.462 e. The van der Waals surface area contributed by atoms with Crippen molar-refractivity contribution in [2.45, 2.75) is 302 Å². The molecule has 58 heavy (non-hydrogen) atoms. The Morgan fingerprint density at radius 3 is 1.28 bits per heavy atom. The number of amides is 1. The molecule has 3 unspecified atom stereocenters. The van der Waals surface area contributed by atoms with Gasteiger partial charge in [-0.3, -0.25) is 9.59 Å². The molecule has 0 radical (unpaired) electrons. The normalized spacial score (nSPS) is 13.3. The first kappa shape index (κ1) is 56.6. The Labute approximate surface area is 361 Å². The Morgan fingerprint density at radius 1 is 0.483 bits per heavy atom. The lowest BCUT2D eigenvalue weighted by Gasteiger charge is -2.24. The summed E-state index contributed by atoms with van der Waals surface area (Å²) in [6.45, 7) is 6.46. The van der Waals surface area contributed by atoms with Gasteiger partial charge in [-0.2, -0.15) is 0 Å². The third-order valence-electron chi connectivity index (χ3n) is 12.1. The molecule has 0 aliphatic heterocycles. The van der Waals surface area contributed by atoms with E-state index in [1.165, 1.54) is 173 Å². The predicted molar refractivity (Wildman–Crippen MR) is 250 cm³/mol. The molecule has 1 amide bonds. The molecule has 3 N–H and O–H groups in total. The zero-order valence-corrected chi connectivity index (χ0v) is 39.2. The average Bonchev–Trinajstić information content (AvgIpc) is 3.22. The van der Waals surface area contributed by atoms with E-state index in [-0.39, 0.29) is 24.9 Å². The van der Waals surface area contributed by atoms with E-state index >= 15 is 0 Å². The lowest BCUT2D eigenvalue weighted by atomic mass is 10.0. The van der Waals surface area contributed by atoms with Crippen molar-refractivity contribution in [3.63, 3.8) is 0 Å². The van der Waals surface area contributed by atoms with Crippen LogP contribution in [0.15, 0.2) is 12.2 Å². The molecule has 0 bridgehead atoms. The second-order valence-corrected chi connectivity index (χ2v) is 17.9. The fourth-order valence-corrected chi connectivity index (χ4v) is 8.12. The van der Waals surface area contributed by atoms with E-state index in [0.29, 0.717) is 19.3 Å². The van der Waals surface area contributed by atoms with E-state index in [9.17, 15) is 19.8 Å². The zero-order chi connectivity index (χ0) is 42.4. The maximum Gasteiger partial charge on any atom is 0.306 e. The first-order valence-electron chi connectivity index (χ1n) is 25.9. The number of hydrogen-bond acceptors (Lipinski definition) is 5. The molecule has 3 atom stereocenters. The van der Waals surface area contributed by atoms with Gasteiger partial charge in [0.05, 0.1) is 25.2 Å². The lowest BCUT2D eigenvalue weighted by Crippen LogP contribution is -2.46. The number of unbranched alkanes of at least 4 members (excludes halogenated alkanes) is 33. The van der Waals surface area contributed by atoms with E-state index in [2.05, 4.69) is 38.2 Å². The highest BCUT2D eigenvalue weighted by Gasteiger charge is 2.24. The zero-order valence-electron chi connectivity index (χ0n) is 39.2. The van der Waals surface area contributed by atoms with Crippen molar-refractivity contribution in [2.75, 3.05) is 6.61 Å². The lowest BCUT2D eigenvalue weighted by molar-refractivity contribution is -0.151. The number of hydrogen-bond donors (Lipinski definition) is 3. The van der Waals surface area contributed by atoms with Crippen LogP contribution < -0.4 is 5.32 Å². The number of rotatable bonds is 47. The van der Waals surface area contributed by atoms with Crippen LogP contribution in [-0.2, 0) is 14.3 Å². The summed E-state index contributed by atoms with van der Waals surface area (Å²) in [5.41, 5.74) is 0. The van der Waals surface area contributed by atoms with Gasteiger partial charge in [-0.05, 0) is 44.9 Å². The number of aliphatic hydroxyl groups is 2. The Morgan fingerprint density at radius 2 is 0.845 bits per heavy atom. The summed E-state index contributed by atoms with van der Waals surface area (Å²) in [6.07, 6.45) is 51.4. The van der Waals surface area contributed by atoms with E-state index in [1.807, 2.05) is 0 Å². The van der Waals surface area contributed by atoms with Crippen LogP contribution in [0.3, 0.4) is 0 Å². The summed E-state index contributed by atoms with van der Waals surface area (Å²) in [5.74, 6) is -0.476. The predicted octanol–water partition coefficient (Wildman–Crippen LogP) is 15.3. The van der Waals surface area contributed by atoms with Crippen molar-refractivity contribution in [3.05, 3.63) is 12.2 Å². The molecule has 344 valence electrons. The Kier molecular flexibility index (Phi) is 45.5. The van der Waals surface area contributed by atoms with Gasteiger partial charge in [-0.1, -0.05) is 238 Å². The van der Waals surface area contributed by atoms with Crippen molar-refractivity contribution in [3.8, 4) is 0 Å². The van der Waals surface area contributed by atoms with Gasteiger partial charge >= 0.3 is 5.97 Å². The summed E-state index contributed by atoms with van der Waals surface area (Å²) in [5, 5.41) is 23.7. The monoisotopic (exact) mass is 820 g/mol. The van der Waals surface area contributed by atoms with E-state index in [1.54, 1.807) is 0 Å². The second kappa shape index (κ2) is 46.7. The second-order valence-electron chi connectivity index (χ2n) is 17.9. The van der Waals surface area contributed by atoms with E-state index in [0.717, 1.165) is 64.2 Å². The first-order chi connectivity index (χ1) is 28.5. The van der Waals surface area contributed by atoms with Crippen LogP contribution in [0.25, 0.3) is 0 Å². The number of esters is 1. The SMILES string of the molecule is CCCC/C=C\CCCCCC(CC(=O)NC(CO)C(O)CCCCCCCCCCCCCCCCCCC)OC(=O)CCCCCCCCCCCCCCC. The molecule has 0 fully saturated rings. The third-order valence-corrected chi connectivity index (χ3v) is 12.1. The molecule has 0 rings (SSSR count). The van der Waals surface area contributed by atoms with Crippen LogP contribution in [-0.4, -0.2) is 46.9 Å². The highest BCUT2D eigenvalue weighted by Crippen LogP contribution is 2.18. The minimum Gasteiger partial charge on any atom is -0.462 e. The number of nitrogens with one attached hydrogen (secondary N) is 1. The smallest absolute Gasteiger partial charge is 0.306 e. The first-order valence-corrected chi connectivity index (χ1v) is 25.9. The highest BCUT2D eigenvalue weighted by molar-refractivity contribution is 5.77. The van der Waals surface area contributed by atoms with Crippen LogP contribution in [0.5, 0.6) is 0 Å². The van der Waals surface area contributed by atoms with Crippen LogP contribution in [0.1, 0.15) is 284 Å². The third kappa shape index (κ3) is 41.3. The number of ether oxygens (including phenoxy) is 1. The Balaban J connectivity index is 4.39. The maximum atomic E-state index is 13.2. The Hall–Kier alpha value is -1.40. The summed E-state index contributed by atoms with van der Waals surface area (Å²) in [7, 11) is 0. The minimum absolute atomic E-state index is 0.0730. The Bertz CT molecular complexity index is 878. The topological polar surface area (TPSA) is 95.9 Å². The maximum absolute atomic E-state index is 13.2. The molecule has 0 aliphatic carbocycles. The molecule has 0 saturated carbocycles. The molecule has 0 heterocycles. The summed E-state index contributed by atoms with van der Waals surface area (Å²) in [6, 6.07) is -0.699. The molecular weight excluding hydrogens is 719 g/mol. The van der Waals surface area contributed by atoms with Crippen LogP contribution in [0.2, 0.25) is 0 Å². The fraction of sp³-hybridized carbons (Fsp3) is 0.923. The van der Waals surface area contributed by atoms with Gasteiger partial charge in [-0.25, -0.2) is 0 Å². The van der Waals surface area contributed by atoms with Crippen molar-refractivity contribution in [1.29, 1.82) is 0 Å². The van der Waals surface area contributed by atoms with Gasteiger partial charge < -0.3 is 20.3 Å². The molecule has 0 aromatic rings. The fourth-order valence-electron chi connectivity index (χ4n) is 8.12. The van der Waals surface area contributed by atoms with Crippen molar-refractivity contribution in [2.24, 2.45) is 0 Å². The van der Waals surface area contributed by atoms with Gasteiger partial charge in [0.2, 0.25) is 5.91 Å². The molecule has 0 aromatic carbocycles. The number of allylic oxidation sites excluding steroid dienone is 2. The molecule has 0 aromatic heterocycles. The molecule has 0 spiro atoms. The van der Waals surface area contributed by atoms with Crippen LogP contribution in [0, 0.1) is 0 Å². The molecule has 6 nitrogen and oxygen atoms in total. The summed E-state index contributed by atoms with van der Waals surface area (Å²) >= 11 is 0. The number of carbonyl (C=O) groups excluding carboxylic acids is 2. The molecule has 0 saturated heterocycles. The summed E-state index contributed by atoms with van der Waals surface area (Å²) < 4.78 is 5.90.